The Kier molecular flexibility index (Phi) is 4.20. The van der Waals surface area contributed by atoms with Gasteiger partial charge in [-0.1, -0.05) is 90.5 Å². The summed E-state index contributed by atoms with van der Waals surface area (Å²) in [6.45, 7) is 6.14. The van der Waals surface area contributed by atoms with Gasteiger partial charge >= 0.3 is 0 Å². The summed E-state index contributed by atoms with van der Waals surface area (Å²) in [5.41, 5.74) is 6.34. The highest BCUT2D eigenvalue weighted by atomic mass is 14.1. The van der Waals surface area contributed by atoms with Crippen LogP contribution in [0.15, 0.2) is 91.5 Å². The second-order valence-electron chi connectivity index (χ2n) is 5.62. The van der Waals surface area contributed by atoms with Gasteiger partial charge in [-0.2, -0.15) is 0 Å². The lowest BCUT2D eigenvalue weighted by molar-refractivity contribution is 1.03. The van der Waals surface area contributed by atoms with Crippen LogP contribution in [0.1, 0.15) is 22.6 Å². The summed E-state index contributed by atoms with van der Waals surface area (Å²) in [5.74, 6) is 0.228. The smallest absolute Gasteiger partial charge is 0.0267 e. The molecule has 108 valence electrons. The molecule has 3 aromatic rings. The molecule has 0 radical (unpaired) electrons. The van der Waals surface area contributed by atoms with Crippen molar-refractivity contribution in [1.82, 2.24) is 0 Å². The lowest BCUT2D eigenvalue weighted by Gasteiger charge is -2.15. The van der Waals surface area contributed by atoms with E-state index >= 15 is 0 Å². The zero-order valence-corrected chi connectivity index (χ0v) is 12.9. The van der Waals surface area contributed by atoms with Gasteiger partial charge in [0.1, 0.15) is 0 Å². The third-order valence-electron chi connectivity index (χ3n) is 4.03. The van der Waals surface area contributed by atoms with Gasteiger partial charge in [0.25, 0.3) is 0 Å². The van der Waals surface area contributed by atoms with Gasteiger partial charge in [0, 0.05) is 5.92 Å². The fraction of sp³-hybridized carbons (Fsp3) is 0.0909. The van der Waals surface area contributed by atoms with Crippen LogP contribution in [0, 0.1) is 6.92 Å². The molecule has 0 heterocycles. The summed E-state index contributed by atoms with van der Waals surface area (Å²) >= 11 is 0. The molecule has 0 aliphatic carbocycles. The van der Waals surface area contributed by atoms with Gasteiger partial charge < -0.3 is 0 Å². The third-order valence-corrected chi connectivity index (χ3v) is 4.03. The predicted molar refractivity (Wildman–Crippen MR) is 95.1 cm³/mol. The molecule has 0 amide bonds. The Morgan fingerprint density at radius 1 is 0.727 bits per heavy atom. The largest absolute Gasteiger partial charge is 0.102 e. The van der Waals surface area contributed by atoms with Gasteiger partial charge in [-0.3, -0.25) is 0 Å². The van der Waals surface area contributed by atoms with Crippen molar-refractivity contribution in [3.05, 3.63) is 108 Å². The van der Waals surface area contributed by atoms with Crippen molar-refractivity contribution in [2.24, 2.45) is 0 Å². The fourth-order valence-electron chi connectivity index (χ4n) is 2.78. The van der Waals surface area contributed by atoms with Gasteiger partial charge in [-0.25, -0.2) is 0 Å². The molecule has 0 aliphatic heterocycles. The second-order valence-corrected chi connectivity index (χ2v) is 5.62. The molecule has 0 N–H and O–H groups in total. The molecule has 0 aliphatic rings. The summed E-state index contributed by atoms with van der Waals surface area (Å²) in [5, 5.41) is 0. The summed E-state index contributed by atoms with van der Waals surface area (Å²) in [6.07, 6.45) is 2.02. The van der Waals surface area contributed by atoms with E-state index in [1.807, 2.05) is 12.1 Å². The standard InChI is InChI=1S/C22H20/c1-3-22(19-8-5-4-6-9-19)21-11-7-10-20(16-21)18-14-12-17(2)13-15-18/h3-16,22H,1H2,2H3. The molecule has 0 heteroatoms. The molecule has 0 bridgehead atoms. The lowest BCUT2D eigenvalue weighted by Crippen LogP contribution is -1.97. The minimum atomic E-state index is 0.228. The van der Waals surface area contributed by atoms with E-state index in [2.05, 4.69) is 86.3 Å². The summed E-state index contributed by atoms with van der Waals surface area (Å²) in [7, 11) is 0. The molecule has 3 rings (SSSR count). The van der Waals surface area contributed by atoms with Gasteiger partial charge in [0.2, 0.25) is 0 Å². The first-order valence-electron chi connectivity index (χ1n) is 7.62. The van der Waals surface area contributed by atoms with E-state index < -0.39 is 0 Å². The van der Waals surface area contributed by atoms with Crippen molar-refractivity contribution < 1.29 is 0 Å². The van der Waals surface area contributed by atoms with Gasteiger partial charge in [0.05, 0.1) is 0 Å². The Hall–Kier alpha value is -2.60. The van der Waals surface area contributed by atoms with E-state index in [1.165, 1.54) is 27.8 Å². The average Bonchev–Trinajstić information content (AvgIpc) is 2.57. The molecule has 1 atom stereocenters. The van der Waals surface area contributed by atoms with Crippen molar-refractivity contribution in [2.75, 3.05) is 0 Å². The molecule has 3 aromatic carbocycles. The number of hydrogen-bond donors (Lipinski definition) is 0. The maximum atomic E-state index is 4.03. The minimum absolute atomic E-state index is 0.228. The highest BCUT2D eigenvalue weighted by molar-refractivity contribution is 5.65. The Morgan fingerprint density at radius 3 is 2.09 bits per heavy atom. The van der Waals surface area contributed by atoms with Crippen LogP contribution in [0.5, 0.6) is 0 Å². The highest BCUT2D eigenvalue weighted by Gasteiger charge is 2.10. The van der Waals surface area contributed by atoms with Crippen LogP contribution in [0.4, 0.5) is 0 Å². The van der Waals surface area contributed by atoms with Crippen LogP contribution in [-0.4, -0.2) is 0 Å². The van der Waals surface area contributed by atoms with Crippen molar-refractivity contribution in [2.45, 2.75) is 12.8 Å². The maximum Gasteiger partial charge on any atom is 0.0267 e. The summed E-state index contributed by atoms with van der Waals surface area (Å²) in [4.78, 5) is 0. The van der Waals surface area contributed by atoms with E-state index in [4.69, 9.17) is 0 Å². The second kappa shape index (κ2) is 6.44. The number of hydrogen-bond acceptors (Lipinski definition) is 0. The fourth-order valence-corrected chi connectivity index (χ4v) is 2.78. The Morgan fingerprint density at radius 2 is 1.41 bits per heavy atom. The Labute approximate surface area is 132 Å². The summed E-state index contributed by atoms with van der Waals surface area (Å²) in [6, 6.07) is 27.9. The van der Waals surface area contributed by atoms with Crippen LogP contribution in [0.2, 0.25) is 0 Å². The van der Waals surface area contributed by atoms with E-state index in [1.54, 1.807) is 0 Å². The number of benzene rings is 3. The zero-order valence-electron chi connectivity index (χ0n) is 12.9. The van der Waals surface area contributed by atoms with E-state index in [0.717, 1.165) is 0 Å². The predicted octanol–water partition coefficient (Wildman–Crippen LogP) is 5.98. The average molecular weight is 284 g/mol. The lowest BCUT2D eigenvalue weighted by atomic mass is 9.89. The maximum absolute atomic E-state index is 4.03. The van der Waals surface area contributed by atoms with Gasteiger partial charge in [-0.15, -0.1) is 6.58 Å². The monoisotopic (exact) mass is 284 g/mol. The minimum Gasteiger partial charge on any atom is -0.102 e. The zero-order chi connectivity index (χ0) is 15.4. The first kappa shape index (κ1) is 14.3. The molecule has 0 saturated heterocycles. The molecular weight excluding hydrogens is 264 g/mol. The van der Waals surface area contributed by atoms with Gasteiger partial charge in [0.15, 0.2) is 0 Å². The number of allylic oxidation sites excluding steroid dienone is 1. The molecular formula is C22H20. The van der Waals surface area contributed by atoms with Gasteiger partial charge in [-0.05, 0) is 29.2 Å². The molecule has 0 saturated carbocycles. The van der Waals surface area contributed by atoms with Crippen LogP contribution in [0.3, 0.4) is 0 Å². The van der Waals surface area contributed by atoms with Crippen LogP contribution in [0.25, 0.3) is 11.1 Å². The molecule has 0 fully saturated rings. The van der Waals surface area contributed by atoms with Crippen LogP contribution < -0.4 is 0 Å². The molecule has 1 unspecified atom stereocenters. The number of rotatable bonds is 4. The first-order chi connectivity index (χ1) is 10.8. The Balaban J connectivity index is 2.00. The van der Waals surface area contributed by atoms with E-state index in [0.29, 0.717) is 0 Å². The van der Waals surface area contributed by atoms with E-state index in [9.17, 15) is 0 Å². The molecule has 22 heavy (non-hydrogen) atoms. The molecule has 0 spiro atoms. The first-order valence-corrected chi connectivity index (χ1v) is 7.62. The molecule has 0 aromatic heterocycles. The van der Waals surface area contributed by atoms with Crippen LogP contribution >= 0.6 is 0 Å². The van der Waals surface area contributed by atoms with E-state index in [-0.39, 0.29) is 5.92 Å². The normalized spacial score (nSPS) is 11.9. The quantitative estimate of drug-likeness (QED) is 0.517. The van der Waals surface area contributed by atoms with Crippen LogP contribution in [-0.2, 0) is 0 Å². The SMILES string of the molecule is C=CC(c1ccccc1)c1cccc(-c2ccc(C)cc2)c1. The topological polar surface area (TPSA) is 0 Å². The Bertz CT molecular complexity index is 752. The number of aryl methyl sites for hydroxylation is 1. The van der Waals surface area contributed by atoms with Crippen molar-refractivity contribution in [3.8, 4) is 11.1 Å². The van der Waals surface area contributed by atoms with Crippen molar-refractivity contribution >= 4 is 0 Å². The summed E-state index contributed by atoms with van der Waals surface area (Å²) < 4.78 is 0. The van der Waals surface area contributed by atoms with Crippen molar-refractivity contribution in [3.63, 3.8) is 0 Å². The van der Waals surface area contributed by atoms with Crippen molar-refractivity contribution in [1.29, 1.82) is 0 Å². The molecule has 0 nitrogen and oxygen atoms in total. The third kappa shape index (κ3) is 3.01. The highest BCUT2D eigenvalue weighted by Crippen LogP contribution is 2.29.